The number of amidine groups is 1. The molecule has 162 valence electrons. The summed E-state index contributed by atoms with van der Waals surface area (Å²) < 4.78 is 10.4. The van der Waals surface area contributed by atoms with Gasteiger partial charge < -0.3 is 14.2 Å². The molecule has 1 fully saturated rings. The fraction of sp³-hybridized carbons (Fsp3) is 0.136. The number of carbonyl (C=O) groups is 2. The molecule has 0 saturated carbocycles. The van der Waals surface area contributed by atoms with E-state index in [2.05, 4.69) is 20.6 Å². The van der Waals surface area contributed by atoms with Crippen molar-refractivity contribution in [1.82, 2.24) is 5.01 Å². The molecule has 0 bridgehead atoms. The van der Waals surface area contributed by atoms with Crippen LogP contribution in [0.5, 0.6) is 0 Å². The van der Waals surface area contributed by atoms with Crippen LogP contribution >= 0.6 is 11.8 Å². The van der Waals surface area contributed by atoms with E-state index in [-0.39, 0.29) is 23.4 Å². The van der Waals surface area contributed by atoms with E-state index in [9.17, 15) is 9.59 Å². The fourth-order valence-corrected chi connectivity index (χ4v) is 3.78. The van der Waals surface area contributed by atoms with Gasteiger partial charge in [0.1, 0.15) is 16.8 Å². The van der Waals surface area contributed by atoms with Crippen molar-refractivity contribution in [2.45, 2.75) is 18.6 Å². The monoisotopic (exact) mass is 449 g/mol. The van der Waals surface area contributed by atoms with E-state index in [4.69, 9.17) is 8.83 Å². The maximum atomic E-state index is 12.9. The summed E-state index contributed by atoms with van der Waals surface area (Å²) in [5, 5.41) is 15.7. The lowest BCUT2D eigenvalue weighted by Gasteiger charge is -2.09. The first kappa shape index (κ1) is 21.3. The molecule has 2 amide bonds. The molecule has 1 aromatic carbocycles. The van der Waals surface area contributed by atoms with Gasteiger partial charge in [0.2, 0.25) is 11.1 Å². The lowest BCUT2D eigenvalue weighted by atomic mass is 10.2. The van der Waals surface area contributed by atoms with E-state index in [0.29, 0.717) is 17.2 Å². The Balaban J connectivity index is 1.48. The molecule has 4 rings (SSSR count). The minimum Gasteiger partial charge on any atom is -0.463 e. The van der Waals surface area contributed by atoms with Gasteiger partial charge in [0, 0.05) is 12.1 Å². The first-order valence-electron chi connectivity index (χ1n) is 9.67. The Labute approximate surface area is 187 Å². The fourth-order valence-electron chi connectivity index (χ4n) is 2.76. The number of amides is 2. The van der Waals surface area contributed by atoms with E-state index >= 15 is 0 Å². The third-order valence-electron chi connectivity index (χ3n) is 4.33. The van der Waals surface area contributed by atoms with Crippen molar-refractivity contribution in [2.75, 3.05) is 5.32 Å². The highest BCUT2D eigenvalue weighted by Gasteiger charge is 2.39. The third-order valence-corrected chi connectivity index (χ3v) is 5.45. The summed E-state index contributed by atoms with van der Waals surface area (Å²) in [7, 11) is 0. The van der Waals surface area contributed by atoms with Crippen LogP contribution in [0.1, 0.15) is 23.5 Å². The summed E-state index contributed by atoms with van der Waals surface area (Å²) in [5.74, 6) is 0.337. The minimum absolute atomic E-state index is 0.0366. The van der Waals surface area contributed by atoms with Crippen molar-refractivity contribution < 1.29 is 18.4 Å². The molecule has 1 N–H and O–H groups in total. The third kappa shape index (κ3) is 5.41. The Hall–Kier alpha value is -3.92. The van der Waals surface area contributed by atoms with Gasteiger partial charge in [-0.05, 0) is 43.3 Å². The molecule has 2 aromatic heterocycles. The van der Waals surface area contributed by atoms with Crippen molar-refractivity contribution in [3.63, 3.8) is 0 Å². The van der Waals surface area contributed by atoms with Crippen LogP contribution in [-0.2, 0) is 9.59 Å². The van der Waals surface area contributed by atoms with Crippen LogP contribution in [-0.4, -0.2) is 39.7 Å². The standard InChI is InChI=1S/C22H19N5O4S/c1-15-6-8-16(9-7-15)25-20(28)12-19-21(29)27(24-14-18-5-3-11-31-18)22(32-19)26-23-13-17-4-2-10-30-17/h2-11,13-14,19H,12H2,1H3,(H,25,28). The van der Waals surface area contributed by atoms with Gasteiger partial charge in [-0.25, -0.2) is 0 Å². The summed E-state index contributed by atoms with van der Waals surface area (Å²) in [5.41, 5.74) is 1.76. The van der Waals surface area contributed by atoms with Gasteiger partial charge in [-0.3, -0.25) is 9.59 Å². The van der Waals surface area contributed by atoms with E-state index in [1.54, 1.807) is 24.3 Å². The number of nitrogens with one attached hydrogen (secondary N) is 1. The van der Waals surface area contributed by atoms with Crippen molar-refractivity contribution in [1.29, 1.82) is 0 Å². The highest BCUT2D eigenvalue weighted by atomic mass is 32.2. The molecular weight excluding hydrogens is 430 g/mol. The minimum atomic E-state index is -0.688. The van der Waals surface area contributed by atoms with E-state index in [1.807, 2.05) is 31.2 Å². The maximum absolute atomic E-state index is 12.9. The number of hydrogen-bond donors (Lipinski definition) is 1. The molecule has 1 aliphatic heterocycles. The average Bonchev–Trinajstić information content (AvgIpc) is 3.53. The van der Waals surface area contributed by atoms with Crippen molar-refractivity contribution in [3.05, 3.63) is 78.1 Å². The Bertz CT molecular complexity index is 1150. The average molecular weight is 449 g/mol. The Morgan fingerprint density at radius 1 is 1.09 bits per heavy atom. The lowest BCUT2D eigenvalue weighted by Crippen LogP contribution is -2.29. The van der Waals surface area contributed by atoms with Gasteiger partial charge in [-0.1, -0.05) is 29.5 Å². The van der Waals surface area contributed by atoms with E-state index in [1.165, 1.54) is 25.0 Å². The number of anilines is 1. The molecule has 9 nitrogen and oxygen atoms in total. The molecule has 0 aliphatic carbocycles. The zero-order chi connectivity index (χ0) is 22.3. The summed E-state index contributed by atoms with van der Waals surface area (Å²) in [6.45, 7) is 1.96. The molecule has 32 heavy (non-hydrogen) atoms. The van der Waals surface area contributed by atoms with Crippen LogP contribution in [0.25, 0.3) is 0 Å². The molecule has 0 spiro atoms. The molecule has 1 saturated heterocycles. The summed E-state index contributed by atoms with van der Waals surface area (Å²) in [6.07, 6.45) is 5.81. The van der Waals surface area contributed by atoms with Crippen LogP contribution in [0.2, 0.25) is 0 Å². The normalized spacial score (nSPS) is 17.8. The second-order valence-corrected chi connectivity index (χ2v) is 7.95. The maximum Gasteiger partial charge on any atom is 0.263 e. The van der Waals surface area contributed by atoms with Gasteiger partial charge in [0.05, 0.1) is 25.0 Å². The number of hydrogen-bond acceptors (Lipinski definition) is 8. The molecule has 0 radical (unpaired) electrons. The molecule has 3 heterocycles. The second-order valence-electron chi connectivity index (χ2n) is 6.78. The highest BCUT2D eigenvalue weighted by molar-refractivity contribution is 8.15. The summed E-state index contributed by atoms with van der Waals surface area (Å²) >= 11 is 1.12. The number of aryl methyl sites for hydroxylation is 1. The van der Waals surface area contributed by atoms with Crippen molar-refractivity contribution in [3.8, 4) is 0 Å². The first-order valence-corrected chi connectivity index (χ1v) is 10.6. The number of furan rings is 2. The number of benzene rings is 1. The molecule has 1 atom stereocenters. The Kier molecular flexibility index (Phi) is 6.61. The van der Waals surface area contributed by atoms with Gasteiger partial charge in [0.25, 0.3) is 5.91 Å². The van der Waals surface area contributed by atoms with Crippen LogP contribution in [0.3, 0.4) is 0 Å². The van der Waals surface area contributed by atoms with Gasteiger partial charge in [-0.15, -0.1) is 5.10 Å². The van der Waals surface area contributed by atoms with Crippen LogP contribution in [0, 0.1) is 6.92 Å². The van der Waals surface area contributed by atoms with Gasteiger partial charge in [-0.2, -0.15) is 15.2 Å². The predicted octanol–water partition coefficient (Wildman–Crippen LogP) is 3.88. The molecule has 1 unspecified atom stereocenters. The predicted molar refractivity (Wildman–Crippen MR) is 123 cm³/mol. The Morgan fingerprint density at radius 3 is 2.44 bits per heavy atom. The smallest absolute Gasteiger partial charge is 0.263 e. The van der Waals surface area contributed by atoms with E-state index in [0.717, 1.165) is 22.3 Å². The number of nitrogens with zero attached hydrogens (tertiary/aromatic N) is 4. The number of hydrazone groups is 1. The zero-order valence-electron chi connectivity index (χ0n) is 17.0. The van der Waals surface area contributed by atoms with Crippen LogP contribution in [0.15, 0.2) is 85.2 Å². The number of carbonyl (C=O) groups excluding carboxylic acids is 2. The first-order chi connectivity index (χ1) is 15.6. The Morgan fingerprint density at radius 2 is 1.78 bits per heavy atom. The zero-order valence-corrected chi connectivity index (χ0v) is 17.9. The molecular formula is C22H19N5O4S. The summed E-state index contributed by atoms with van der Waals surface area (Å²) in [4.78, 5) is 25.4. The quantitative estimate of drug-likeness (QED) is 0.434. The van der Waals surface area contributed by atoms with Crippen LogP contribution in [0.4, 0.5) is 5.69 Å². The van der Waals surface area contributed by atoms with Crippen molar-refractivity contribution >= 4 is 46.9 Å². The number of thioether (sulfide) groups is 1. The lowest BCUT2D eigenvalue weighted by molar-refractivity contribution is -0.128. The molecule has 1 aliphatic rings. The van der Waals surface area contributed by atoms with Gasteiger partial charge >= 0.3 is 0 Å². The largest absolute Gasteiger partial charge is 0.463 e. The van der Waals surface area contributed by atoms with E-state index < -0.39 is 5.25 Å². The highest BCUT2D eigenvalue weighted by Crippen LogP contribution is 2.30. The van der Waals surface area contributed by atoms with Crippen LogP contribution < -0.4 is 5.32 Å². The van der Waals surface area contributed by atoms with Gasteiger partial charge in [0.15, 0.2) is 0 Å². The molecule has 10 heteroatoms. The molecule has 3 aromatic rings. The topological polar surface area (TPSA) is 113 Å². The number of rotatable bonds is 7. The SMILES string of the molecule is Cc1ccc(NC(=O)CC2SC(=NN=Cc3ccco3)N(N=Cc3ccco3)C2=O)cc1. The van der Waals surface area contributed by atoms with Crippen molar-refractivity contribution in [2.24, 2.45) is 15.3 Å². The second kappa shape index (κ2) is 9.92. The summed E-state index contributed by atoms with van der Waals surface area (Å²) in [6, 6.07) is 14.3.